The molecular formula is C11H9BrN4O2. The number of rotatable bonds is 1. The summed E-state index contributed by atoms with van der Waals surface area (Å²) in [5, 5.41) is 2.75. The Labute approximate surface area is 110 Å². The monoisotopic (exact) mass is 308 g/mol. The number of H-pyrrole nitrogens is 3. The summed E-state index contributed by atoms with van der Waals surface area (Å²) in [5.41, 5.74) is 2.41. The molecule has 0 saturated carbocycles. The fraction of sp³-hybridized carbons (Fsp3) is 0.0909. The maximum absolute atomic E-state index is 11.8. The van der Waals surface area contributed by atoms with Gasteiger partial charge in [-0.05, 0) is 15.9 Å². The quantitative estimate of drug-likeness (QED) is 0.632. The summed E-state index contributed by atoms with van der Waals surface area (Å²) in [4.78, 5) is 31.2. The van der Waals surface area contributed by atoms with Gasteiger partial charge in [0, 0.05) is 34.5 Å². The van der Waals surface area contributed by atoms with Crippen LogP contribution in [-0.2, 0) is 0 Å². The molecule has 0 bridgehead atoms. The number of nitrogens with one attached hydrogen (secondary N) is 4. The molecule has 7 heteroatoms. The van der Waals surface area contributed by atoms with Gasteiger partial charge in [-0.25, -0.2) is 4.79 Å². The molecule has 0 aromatic carbocycles. The van der Waals surface area contributed by atoms with Crippen LogP contribution in [0.25, 0.3) is 5.57 Å². The number of fused-ring (bicyclic) bond motifs is 1. The number of halogens is 1. The lowest BCUT2D eigenvalue weighted by Crippen LogP contribution is -2.22. The first-order valence-electron chi connectivity index (χ1n) is 5.30. The Morgan fingerprint density at radius 2 is 2.00 bits per heavy atom. The first kappa shape index (κ1) is 11.1. The third-order valence-corrected chi connectivity index (χ3v) is 3.41. The van der Waals surface area contributed by atoms with Crippen LogP contribution in [0.1, 0.15) is 21.7 Å². The van der Waals surface area contributed by atoms with E-state index in [1.165, 1.54) is 0 Å². The van der Waals surface area contributed by atoms with Crippen LogP contribution >= 0.6 is 15.9 Å². The van der Waals surface area contributed by atoms with Crippen molar-refractivity contribution in [3.63, 3.8) is 0 Å². The topological polar surface area (TPSA) is 93.5 Å². The third-order valence-electron chi connectivity index (χ3n) is 2.78. The molecule has 3 rings (SSSR count). The SMILES string of the molecule is O=C1NCC=C(c2c[nH]c(=O)[nH]2)c2c(Br)c[nH]c21. The van der Waals surface area contributed by atoms with Gasteiger partial charge in [0.25, 0.3) is 5.91 Å². The van der Waals surface area contributed by atoms with Gasteiger partial charge in [0.2, 0.25) is 0 Å². The van der Waals surface area contributed by atoms with E-state index in [-0.39, 0.29) is 11.6 Å². The summed E-state index contributed by atoms with van der Waals surface area (Å²) in [7, 11) is 0. The summed E-state index contributed by atoms with van der Waals surface area (Å²) in [6.07, 6.45) is 5.16. The number of hydrogen-bond donors (Lipinski definition) is 4. The third kappa shape index (κ3) is 1.63. The highest BCUT2D eigenvalue weighted by Gasteiger charge is 2.23. The van der Waals surface area contributed by atoms with Crippen LogP contribution in [0.3, 0.4) is 0 Å². The second kappa shape index (κ2) is 4.02. The standard InChI is InChI=1S/C11H9BrN4O2/c12-6-3-14-9-8(6)5(1-2-13-10(9)17)7-4-15-11(18)16-7/h1,3-4,14H,2H2,(H,13,17)(H2,15,16,18). The molecule has 2 aromatic rings. The van der Waals surface area contributed by atoms with E-state index in [2.05, 4.69) is 36.2 Å². The van der Waals surface area contributed by atoms with Crippen LogP contribution in [0.2, 0.25) is 0 Å². The predicted octanol–water partition coefficient (Wildman–Crippen LogP) is 0.969. The second-order valence-electron chi connectivity index (χ2n) is 3.87. The maximum Gasteiger partial charge on any atom is 0.323 e. The van der Waals surface area contributed by atoms with Gasteiger partial charge in [0.15, 0.2) is 0 Å². The highest BCUT2D eigenvalue weighted by molar-refractivity contribution is 9.10. The Kier molecular flexibility index (Phi) is 2.48. The second-order valence-corrected chi connectivity index (χ2v) is 4.73. The Bertz CT molecular complexity index is 707. The minimum Gasteiger partial charge on any atom is -0.356 e. The average Bonchev–Trinajstić information content (AvgIpc) is 2.87. The van der Waals surface area contributed by atoms with Crippen molar-refractivity contribution < 1.29 is 4.79 Å². The van der Waals surface area contributed by atoms with Gasteiger partial charge < -0.3 is 20.3 Å². The van der Waals surface area contributed by atoms with Crippen molar-refractivity contribution in [2.45, 2.75) is 0 Å². The van der Waals surface area contributed by atoms with Crippen molar-refractivity contribution in [2.24, 2.45) is 0 Å². The zero-order chi connectivity index (χ0) is 12.7. The Morgan fingerprint density at radius 3 is 2.72 bits per heavy atom. The summed E-state index contributed by atoms with van der Waals surface area (Å²) < 4.78 is 0.780. The molecule has 0 atom stereocenters. The summed E-state index contributed by atoms with van der Waals surface area (Å²) in [6.45, 7) is 0.413. The van der Waals surface area contributed by atoms with Gasteiger partial charge in [-0.1, -0.05) is 6.08 Å². The number of carbonyl (C=O) groups is 1. The maximum atomic E-state index is 11.8. The van der Waals surface area contributed by atoms with E-state index >= 15 is 0 Å². The predicted molar refractivity (Wildman–Crippen MR) is 69.3 cm³/mol. The van der Waals surface area contributed by atoms with Gasteiger partial charge in [-0.2, -0.15) is 0 Å². The van der Waals surface area contributed by atoms with E-state index < -0.39 is 0 Å². The molecule has 0 radical (unpaired) electrons. The molecule has 0 fully saturated rings. The molecule has 1 amide bonds. The molecule has 92 valence electrons. The smallest absolute Gasteiger partial charge is 0.323 e. The van der Waals surface area contributed by atoms with Crippen molar-refractivity contribution in [3.8, 4) is 0 Å². The lowest BCUT2D eigenvalue weighted by molar-refractivity contribution is 0.0954. The molecule has 18 heavy (non-hydrogen) atoms. The Balaban J connectivity index is 2.23. The van der Waals surface area contributed by atoms with Crippen LogP contribution < -0.4 is 11.0 Å². The van der Waals surface area contributed by atoms with Gasteiger partial charge in [0.1, 0.15) is 5.69 Å². The first-order chi connectivity index (χ1) is 8.66. The highest BCUT2D eigenvalue weighted by atomic mass is 79.9. The van der Waals surface area contributed by atoms with Crippen molar-refractivity contribution in [1.82, 2.24) is 20.3 Å². The van der Waals surface area contributed by atoms with E-state index in [4.69, 9.17) is 0 Å². The molecular weight excluding hydrogens is 300 g/mol. The lowest BCUT2D eigenvalue weighted by Gasteiger charge is -2.03. The number of aromatic amines is 3. The van der Waals surface area contributed by atoms with Gasteiger partial charge >= 0.3 is 5.69 Å². The number of carbonyl (C=O) groups excluding carboxylic acids is 1. The molecule has 0 unspecified atom stereocenters. The van der Waals surface area contributed by atoms with Gasteiger partial charge in [-0.3, -0.25) is 4.79 Å². The van der Waals surface area contributed by atoms with Crippen LogP contribution in [0.15, 0.2) is 27.7 Å². The highest BCUT2D eigenvalue weighted by Crippen LogP contribution is 2.32. The average molecular weight is 309 g/mol. The number of imidazole rings is 1. The molecule has 6 nitrogen and oxygen atoms in total. The van der Waals surface area contributed by atoms with Crippen LogP contribution in [0, 0.1) is 0 Å². The lowest BCUT2D eigenvalue weighted by atomic mass is 10.0. The summed E-state index contributed by atoms with van der Waals surface area (Å²) in [5.74, 6) is -0.167. The minimum atomic E-state index is -0.275. The van der Waals surface area contributed by atoms with Crippen LogP contribution in [-0.4, -0.2) is 27.4 Å². The van der Waals surface area contributed by atoms with E-state index in [0.717, 1.165) is 15.6 Å². The fourth-order valence-electron chi connectivity index (χ4n) is 2.00. The molecule has 2 aromatic heterocycles. The Morgan fingerprint density at radius 1 is 1.17 bits per heavy atom. The van der Waals surface area contributed by atoms with Crippen molar-refractivity contribution in [1.29, 1.82) is 0 Å². The minimum absolute atomic E-state index is 0.167. The fourth-order valence-corrected chi connectivity index (χ4v) is 2.53. The van der Waals surface area contributed by atoms with E-state index in [9.17, 15) is 9.59 Å². The van der Waals surface area contributed by atoms with Crippen LogP contribution in [0.4, 0.5) is 0 Å². The molecule has 3 heterocycles. The van der Waals surface area contributed by atoms with Crippen molar-refractivity contribution >= 4 is 27.4 Å². The van der Waals surface area contributed by atoms with Crippen LogP contribution in [0.5, 0.6) is 0 Å². The molecule has 1 aliphatic rings. The largest absolute Gasteiger partial charge is 0.356 e. The molecule has 0 aliphatic carbocycles. The zero-order valence-corrected chi connectivity index (χ0v) is 10.7. The van der Waals surface area contributed by atoms with Crippen molar-refractivity contribution in [3.05, 3.63) is 50.4 Å². The summed E-state index contributed by atoms with van der Waals surface area (Å²) in [6, 6.07) is 0. The molecule has 0 spiro atoms. The number of aromatic nitrogens is 3. The number of amides is 1. The number of hydrogen-bond acceptors (Lipinski definition) is 2. The van der Waals surface area contributed by atoms with Gasteiger partial charge in [0.05, 0.1) is 5.69 Å². The zero-order valence-electron chi connectivity index (χ0n) is 9.13. The molecule has 0 saturated heterocycles. The van der Waals surface area contributed by atoms with Crippen molar-refractivity contribution in [2.75, 3.05) is 6.54 Å². The first-order valence-corrected chi connectivity index (χ1v) is 6.10. The Hall–Kier alpha value is -2.02. The van der Waals surface area contributed by atoms with E-state index in [1.54, 1.807) is 12.4 Å². The molecule has 4 N–H and O–H groups in total. The van der Waals surface area contributed by atoms with E-state index in [0.29, 0.717) is 17.9 Å². The summed E-state index contributed by atoms with van der Waals surface area (Å²) >= 11 is 3.40. The normalized spacial score (nSPS) is 14.7. The van der Waals surface area contributed by atoms with Gasteiger partial charge in [-0.15, -0.1) is 0 Å². The molecule has 1 aliphatic heterocycles. The van der Waals surface area contributed by atoms with E-state index in [1.807, 2.05) is 6.08 Å².